The van der Waals surface area contributed by atoms with Gasteiger partial charge in [0.15, 0.2) is 0 Å². The summed E-state index contributed by atoms with van der Waals surface area (Å²) in [5.74, 6) is -1.05. The minimum Gasteiger partial charge on any atom is -0.535 e. The molecule has 0 rings (SSSR count). The van der Waals surface area contributed by atoms with E-state index in [2.05, 4.69) is 13.5 Å². The molecule has 0 atom stereocenters. The first-order valence-electron chi connectivity index (χ1n) is 1.38. The van der Waals surface area contributed by atoms with E-state index in [0.29, 0.717) is 0 Å². The fraction of sp³-hybridized carbons (Fsp3) is 0. The van der Waals surface area contributed by atoms with Gasteiger partial charge >= 0.3 is 29.6 Å². The summed E-state index contributed by atoms with van der Waals surface area (Å²) >= 11 is 0. The molecule has 0 bridgehead atoms. The van der Waals surface area contributed by atoms with E-state index in [9.17, 15) is 4.79 Å². The Balaban J connectivity index is 0. The monoisotopic (exact) mass is 108 g/mol. The molecule has 1 N–H and O–H groups in total. The number of hydrogen-bond acceptors (Lipinski definition) is 1. The van der Waals surface area contributed by atoms with Crippen LogP contribution in [0.1, 0.15) is 0 Å². The van der Waals surface area contributed by atoms with Gasteiger partial charge in [-0.05, 0) is 0 Å². The second kappa shape index (κ2) is 4.24. The van der Waals surface area contributed by atoms with Crippen molar-refractivity contribution in [3.63, 3.8) is 0 Å². The average molecular weight is 108 g/mol. The number of carboxylic acid groups (broad SMARTS) is 1. The molecule has 34 valence electrons. The molecule has 0 aromatic rings. The molecule has 2 nitrogen and oxygen atoms in total. The van der Waals surface area contributed by atoms with E-state index in [4.69, 9.17) is 5.11 Å². The Morgan fingerprint density at radius 3 is 1.86 bits per heavy atom. The Hall–Kier alpha value is 0.0800. The van der Waals surface area contributed by atoms with Gasteiger partial charge in [0.2, 0.25) is 5.97 Å². The Kier molecular flexibility index (Phi) is 6.15. The maximum atomic E-state index is 9.54. The molecule has 0 saturated carbocycles. The Morgan fingerprint density at radius 1 is 1.71 bits per heavy atom. The zero-order valence-electron chi connectivity index (χ0n) is 4.27. The van der Waals surface area contributed by atoms with Crippen LogP contribution in [0.3, 0.4) is 0 Å². The van der Waals surface area contributed by atoms with Gasteiger partial charge in [-0.15, -0.1) is 5.57 Å². The molecule has 0 radical (unpaired) electrons. The first kappa shape index (κ1) is 10.1. The third kappa shape index (κ3) is 6.08. The summed E-state index contributed by atoms with van der Waals surface area (Å²) in [4.78, 5) is 9.54. The Labute approximate surface area is 64.5 Å². The fourth-order valence-electron chi connectivity index (χ4n) is 0. The number of carbonyl (C=O) groups is 1. The first-order chi connectivity index (χ1) is 2.64. The van der Waals surface area contributed by atoms with Gasteiger partial charge < -0.3 is 9.90 Å². The van der Waals surface area contributed by atoms with Crippen molar-refractivity contribution in [1.29, 1.82) is 0 Å². The molecular formula is C4H5NaO2. The Morgan fingerprint density at radius 2 is 1.86 bits per heavy atom. The average Bonchev–Trinajstić information content (AvgIpc) is 1.36. The van der Waals surface area contributed by atoms with Crippen molar-refractivity contribution in [3.8, 4) is 0 Å². The van der Waals surface area contributed by atoms with Crippen LogP contribution in [-0.4, -0.2) is 11.1 Å². The zero-order valence-corrected chi connectivity index (χ0v) is 6.27. The standard InChI is InChI=1S/C4H5O2.Na/c1-3(2)4(5)6;/h1-2H2,(H,5,6);/q-1;+1. The smallest absolute Gasteiger partial charge is 0.535 e. The fourth-order valence-corrected chi connectivity index (χ4v) is 0. The van der Waals surface area contributed by atoms with Gasteiger partial charge in [0.05, 0.1) is 0 Å². The summed E-state index contributed by atoms with van der Waals surface area (Å²) in [6.45, 7) is 6.09. The van der Waals surface area contributed by atoms with Crippen LogP contribution in [0.5, 0.6) is 0 Å². The van der Waals surface area contributed by atoms with Gasteiger partial charge in [-0.2, -0.15) is 13.5 Å². The summed E-state index contributed by atoms with van der Waals surface area (Å²) in [6.07, 6.45) is 0. The number of rotatable bonds is 1. The number of carboxylic acids is 1. The topological polar surface area (TPSA) is 37.3 Å². The van der Waals surface area contributed by atoms with Crippen LogP contribution in [0.25, 0.3) is 0 Å². The van der Waals surface area contributed by atoms with Crippen LogP contribution in [-0.2, 0) is 4.79 Å². The minimum absolute atomic E-state index is 0. The Bertz CT molecular complexity index is 75.7. The normalized spacial score (nSPS) is 6.29. The number of hydrogen-bond donors (Lipinski definition) is 1. The molecule has 3 heteroatoms. The van der Waals surface area contributed by atoms with Crippen molar-refractivity contribution in [3.05, 3.63) is 19.1 Å². The van der Waals surface area contributed by atoms with Gasteiger partial charge in [0.1, 0.15) is 0 Å². The second-order valence-electron chi connectivity index (χ2n) is 0.909. The third-order valence-corrected chi connectivity index (χ3v) is 0.302. The van der Waals surface area contributed by atoms with E-state index in [1.807, 2.05) is 0 Å². The van der Waals surface area contributed by atoms with Crippen molar-refractivity contribution in [2.75, 3.05) is 0 Å². The van der Waals surface area contributed by atoms with Gasteiger partial charge in [-0.25, -0.2) is 0 Å². The predicted molar refractivity (Wildman–Crippen MR) is 22.1 cm³/mol. The first-order valence-corrected chi connectivity index (χ1v) is 1.38. The van der Waals surface area contributed by atoms with Gasteiger partial charge in [-0.1, -0.05) is 0 Å². The summed E-state index contributed by atoms with van der Waals surface area (Å²) in [6, 6.07) is 0. The van der Waals surface area contributed by atoms with E-state index >= 15 is 0 Å². The molecular weight excluding hydrogens is 103 g/mol. The van der Waals surface area contributed by atoms with Gasteiger partial charge in [0, 0.05) is 0 Å². The summed E-state index contributed by atoms with van der Waals surface area (Å²) in [7, 11) is 0. The molecule has 0 aromatic carbocycles. The van der Waals surface area contributed by atoms with Crippen molar-refractivity contribution in [1.82, 2.24) is 0 Å². The van der Waals surface area contributed by atoms with Crippen molar-refractivity contribution < 1.29 is 39.5 Å². The third-order valence-electron chi connectivity index (χ3n) is 0.302. The molecule has 0 spiro atoms. The van der Waals surface area contributed by atoms with Crippen LogP contribution >= 0.6 is 0 Å². The van der Waals surface area contributed by atoms with Crippen molar-refractivity contribution in [2.45, 2.75) is 0 Å². The van der Waals surface area contributed by atoms with E-state index in [0.717, 1.165) is 0 Å². The minimum atomic E-state index is -1.05. The maximum absolute atomic E-state index is 9.54. The van der Waals surface area contributed by atoms with Crippen LogP contribution < -0.4 is 29.6 Å². The molecule has 0 aliphatic rings. The van der Waals surface area contributed by atoms with Crippen LogP contribution in [0.4, 0.5) is 0 Å². The van der Waals surface area contributed by atoms with Gasteiger partial charge in [0.25, 0.3) is 0 Å². The van der Waals surface area contributed by atoms with E-state index in [-0.39, 0.29) is 35.1 Å². The van der Waals surface area contributed by atoms with E-state index in [1.54, 1.807) is 0 Å². The summed E-state index contributed by atoms with van der Waals surface area (Å²) in [5, 5.41) is 7.83. The molecule has 0 fully saturated rings. The summed E-state index contributed by atoms with van der Waals surface area (Å²) in [5.41, 5.74) is -0.0741. The molecule has 0 heterocycles. The van der Waals surface area contributed by atoms with Crippen molar-refractivity contribution >= 4 is 5.97 Å². The van der Waals surface area contributed by atoms with E-state index in [1.165, 1.54) is 0 Å². The molecule has 0 unspecified atom stereocenters. The van der Waals surface area contributed by atoms with Crippen LogP contribution in [0.2, 0.25) is 0 Å². The molecule has 0 amide bonds. The molecule has 0 saturated heterocycles. The molecule has 0 aromatic heterocycles. The largest absolute Gasteiger partial charge is 1.00 e. The molecule has 7 heavy (non-hydrogen) atoms. The zero-order chi connectivity index (χ0) is 5.15. The van der Waals surface area contributed by atoms with Crippen LogP contribution in [0.15, 0.2) is 12.2 Å². The number of aliphatic carboxylic acids is 1. The summed E-state index contributed by atoms with van der Waals surface area (Å²) < 4.78 is 0. The van der Waals surface area contributed by atoms with Gasteiger partial charge in [-0.3, -0.25) is 0 Å². The molecule has 0 aliphatic heterocycles. The SMILES string of the molecule is C=C([CH2-])C(=O)O.[Na+]. The quantitative estimate of drug-likeness (QED) is 0.228. The second-order valence-corrected chi connectivity index (χ2v) is 0.909. The van der Waals surface area contributed by atoms with Crippen molar-refractivity contribution in [2.24, 2.45) is 0 Å². The predicted octanol–water partition coefficient (Wildman–Crippen LogP) is -2.53. The van der Waals surface area contributed by atoms with Crippen LogP contribution in [0, 0.1) is 6.92 Å². The maximum Gasteiger partial charge on any atom is 1.00 e. The molecule has 0 aliphatic carbocycles. The van der Waals surface area contributed by atoms with E-state index < -0.39 is 5.97 Å².